The zero-order chi connectivity index (χ0) is 20.7. The summed E-state index contributed by atoms with van der Waals surface area (Å²) >= 11 is 0. The molecule has 2 aromatic rings. The first-order valence-corrected chi connectivity index (χ1v) is 10.7. The first-order valence-electron chi connectivity index (χ1n) is 10.7. The van der Waals surface area contributed by atoms with E-state index < -0.39 is 5.97 Å². The molecule has 0 aromatic heterocycles. The number of anilines is 1. The Morgan fingerprint density at radius 3 is 2.60 bits per heavy atom. The maximum absolute atomic E-state index is 13.1. The van der Waals surface area contributed by atoms with Gasteiger partial charge in [0.25, 0.3) is 0 Å². The monoisotopic (exact) mass is 402 g/mol. The molecule has 5 heteroatoms. The number of hydrogen-bond acceptors (Lipinski definition) is 3. The SMILES string of the molecule is O=C(O)CN1C(=O)C(CN2CCC3(C=Cc4ccccc43)CC2)Cc2ccccc21. The fourth-order valence-corrected chi connectivity index (χ4v) is 5.40. The number of aliphatic carboxylic acids is 1. The number of rotatable bonds is 4. The lowest BCUT2D eigenvalue weighted by molar-refractivity contribution is -0.137. The highest BCUT2D eigenvalue weighted by molar-refractivity contribution is 6.01. The predicted octanol–water partition coefficient (Wildman–Crippen LogP) is 3.34. The molecule has 2 heterocycles. The molecule has 0 bridgehead atoms. The van der Waals surface area contributed by atoms with Crippen molar-refractivity contribution >= 4 is 23.6 Å². The fraction of sp³-hybridized carbons (Fsp3) is 0.360. The van der Waals surface area contributed by atoms with Crippen molar-refractivity contribution in [3.8, 4) is 0 Å². The smallest absolute Gasteiger partial charge is 0.323 e. The van der Waals surface area contributed by atoms with Crippen LogP contribution in [0.5, 0.6) is 0 Å². The van der Waals surface area contributed by atoms with E-state index in [0.717, 1.165) is 37.2 Å². The van der Waals surface area contributed by atoms with Crippen LogP contribution in [0.15, 0.2) is 54.6 Å². The molecule has 1 saturated heterocycles. The minimum Gasteiger partial charge on any atom is -0.480 e. The predicted molar refractivity (Wildman–Crippen MR) is 116 cm³/mol. The third kappa shape index (κ3) is 3.23. The molecule has 0 saturated carbocycles. The number of allylic oxidation sites excluding steroid dienone is 1. The van der Waals surface area contributed by atoms with Gasteiger partial charge in [0, 0.05) is 17.6 Å². The van der Waals surface area contributed by atoms with Crippen molar-refractivity contribution < 1.29 is 14.7 Å². The van der Waals surface area contributed by atoms with Gasteiger partial charge in [-0.2, -0.15) is 0 Å². The molecule has 1 N–H and O–H groups in total. The van der Waals surface area contributed by atoms with E-state index in [4.69, 9.17) is 0 Å². The van der Waals surface area contributed by atoms with Gasteiger partial charge in [0.1, 0.15) is 6.54 Å². The van der Waals surface area contributed by atoms with Crippen LogP contribution in [0.4, 0.5) is 5.69 Å². The quantitative estimate of drug-likeness (QED) is 0.852. The second kappa shape index (κ2) is 7.40. The fourth-order valence-electron chi connectivity index (χ4n) is 5.40. The number of carboxylic acid groups (broad SMARTS) is 1. The van der Waals surface area contributed by atoms with Crippen LogP contribution in [0.2, 0.25) is 0 Å². The number of likely N-dealkylation sites (tertiary alicyclic amines) is 1. The third-order valence-electron chi connectivity index (χ3n) is 6.96. The van der Waals surface area contributed by atoms with Gasteiger partial charge >= 0.3 is 5.97 Å². The van der Waals surface area contributed by atoms with Gasteiger partial charge in [-0.1, -0.05) is 54.6 Å². The van der Waals surface area contributed by atoms with E-state index in [1.807, 2.05) is 24.3 Å². The number of hydrogen-bond donors (Lipinski definition) is 1. The topological polar surface area (TPSA) is 60.9 Å². The molecule has 1 aliphatic carbocycles. The lowest BCUT2D eigenvalue weighted by atomic mass is 9.74. The summed E-state index contributed by atoms with van der Waals surface area (Å²) in [5.41, 5.74) is 4.69. The van der Waals surface area contributed by atoms with Crippen molar-refractivity contribution in [3.63, 3.8) is 0 Å². The molecule has 1 amide bonds. The Bertz CT molecular complexity index is 1020. The maximum atomic E-state index is 13.1. The molecule has 1 atom stereocenters. The maximum Gasteiger partial charge on any atom is 0.323 e. The largest absolute Gasteiger partial charge is 0.480 e. The summed E-state index contributed by atoms with van der Waals surface area (Å²) in [6.07, 6.45) is 7.39. The minimum atomic E-state index is -0.981. The lowest BCUT2D eigenvalue weighted by Gasteiger charge is -2.41. The van der Waals surface area contributed by atoms with Crippen LogP contribution in [-0.2, 0) is 21.4 Å². The van der Waals surface area contributed by atoms with Gasteiger partial charge in [-0.3, -0.25) is 9.59 Å². The second-order valence-corrected chi connectivity index (χ2v) is 8.73. The lowest BCUT2D eigenvalue weighted by Crippen LogP contribution is -2.50. The van der Waals surface area contributed by atoms with Crippen molar-refractivity contribution in [1.82, 2.24) is 4.90 Å². The molecule has 5 rings (SSSR count). The number of amides is 1. The van der Waals surface area contributed by atoms with Crippen LogP contribution < -0.4 is 4.90 Å². The molecular weight excluding hydrogens is 376 g/mol. The molecule has 1 unspecified atom stereocenters. The van der Waals surface area contributed by atoms with E-state index >= 15 is 0 Å². The van der Waals surface area contributed by atoms with Gasteiger partial charge in [-0.15, -0.1) is 0 Å². The molecule has 30 heavy (non-hydrogen) atoms. The third-order valence-corrected chi connectivity index (χ3v) is 6.96. The summed E-state index contributed by atoms with van der Waals surface area (Å²) < 4.78 is 0. The van der Waals surface area contributed by atoms with Gasteiger partial charge in [0.2, 0.25) is 5.91 Å². The number of carbonyl (C=O) groups excluding carboxylic acids is 1. The van der Waals surface area contributed by atoms with Gasteiger partial charge in [0.15, 0.2) is 0 Å². The number of fused-ring (bicyclic) bond motifs is 3. The highest BCUT2D eigenvalue weighted by Crippen LogP contribution is 2.44. The van der Waals surface area contributed by atoms with E-state index in [9.17, 15) is 14.7 Å². The number of piperidine rings is 1. The zero-order valence-electron chi connectivity index (χ0n) is 17.0. The molecule has 2 aliphatic heterocycles. The van der Waals surface area contributed by atoms with Gasteiger partial charge in [-0.05, 0) is 55.1 Å². The van der Waals surface area contributed by atoms with Crippen molar-refractivity contribution in [3.05, 3.63) is 71.3 Å². The normalized spacial score (nSPS) is 22.2. The van der Waals surface area contributed by atoms with Crippen LogP contribution >= 0.6 is 0 Å². The molecule has 5 nitrogen and oxygen atoms in total. The highest BCUT2D eigenvalue weighted by Gasteiger charge is 2.40. The Balaban J connectivity index is 1.30. The van der Waals surface area contributed by atoms with Gasteiger partial charge < -0.3 is 14.9 Å². The van der Waals surface area contributed by atoms with Crippen molar-refractivity contribution in [2.75, 3.05) is 31.1 Å². The van der Waals surface area contributed by atoms with Crippen LogP contribution in [-0.4, -0.2) is 48.1 Å². The van der Waals surface area contributed by atoms with Gasteiger partial charge in [0.05, 0.1) is 5.92 Å². The van der Waals surface area contributed by atoms with E-state index in [-0.39, 0.29) is 23.8 Å². The number of para-hydroxylation sites is 1. The van der Waals surface area contributed by atoms with Crippen molar-refractivity contribution in [2.45, 2.75) is 24.7 Å². The van der Waals surface area contributed by atoms with Crippen molar-refractivity contribution in [1.29, 1.82) is 0 Å². The van der Waals surface area contributed by atoms with Crippen molar-refractivity contribution in [2.24, 2.45) is 5.92 Å². The minimum absolute atomic E-state index is 0.0671. The first-order chi connectivity index (χ1) is 14.6. The van der Waals surface area contributed by atoms with Crippen LogP contribution in [0.3, 0.4) is 0 Å². The standard InChI is InChI=1S/C25H26N2O3/c28-23(29)17-27-22-8-4-2-6-19(22)15-20(24(27)30)16-26-13-11-25(12-14-26)10-9-18-5-1-3-7-21(18)25/h1-10,20H,11-17H2,(H,28,29). The summed E-state index contributed by atoms with van der Waals surface area (Å²) in [4.78, 5) is 28.3. The molecule has 0 radical (unpaired) electrons. The second-order valence-electron chi connectivity index (χ2n) is 8.73. The number of nitrogens with zero attached hydrogens (tertiary/aromatic N) is 2. The molecule has 2 aromatic carbocycles. The number of benzene rings is 2. The number of carbonyl (C=O) groups is 2. The zero-order valence-corrected chi connectivity index (χ0v) is 17.0. The summed E-state index contributed by atoms with van der Waals surface area (Å²) in [6, 6.07) is 16.3. The Hall–Kier alpha value is -2.92. The van der Waals surface area contributed by atoms with E-state index in [2.05, 4.69) is 41.3 Å². The molecule has 154 valence electrons. The molecule has 3 aliphatic rings. The summed E-state index contributed by atoms with van der Waals surface area (Å²) in [5, 5.41) is 9.30. The summed E-state index contributed by atoms with van der Waals surface area (Å²) in [5.74, 6) is -1.24. The summed E-state index contributed by atoms with van der Waals surface area (Å²) in [7, 11) is 0. The Morgan fingerprint density at radius 1 is 1.07 bits per heavy atom. The van der Waals surface area contributed by atoms with Crippen LogP contribution in [0, 0.1) is 5.92 Å². The van der Waals surface area contributed by atoms with Gasteiger partial charge in [-0.25, -0.2) is 0 Å². The molecule has 1 fully saturated rings. The highest BCUT2D eigenvalue weighted by atomic mass is 16.4. The Kier molecular flexibility index (Phi) is 4.70. The average Bonchev–Trinajstić information content (AvgIpc) is 3.11. The molecule has 1 spiro atoms. The number of carboxylic acids is 1. The van der Waals surface area contributed by atoms with E-state index in [1.54, 1.807) is 0 Å². The Morgan fingerprint density at radius 2 is 1.80 bits per heavy atom. The van der Waals surface area contributed by atoms with Crippen LogP contribution in [0.1, 0.15) is 29.5 Å². The average molecular weight is 402 g/mol. The summed E-state index contributed by atoms with van der Waals surface area (Å²) in [6.45, 7) is 2.30. The van der Waals surface area contributed by atoms with Crippen LogP contribution in [0.25, 0.3) is 6.08 Å². The van der Waals surface area contributed by atoms with E-state index in [0.29, 0.717) is 13.0 Å². The van der Waals surface area contributed by atoms with E-state index in [1.165, 1.54) is 16.0 Å². The Labute approximate surface area is 176 Å². The first kappa shape index (κ1) is 19.1. The molecular formula is C25H26N2O3.